The Morgan fingerprint density at radius 1 is 1.04 bits per heavy atom. The Labute approximate surface area is 169 Å². The number of carbonyl (C=O) groups excluding carboxylic acids is 1. The lowest BCUT2D eigenvalue weighted by Crippen LogP contribution is -2.34. The lowest BCUT2D eigenvalue weighted by atomic mass is 9.96. The number of nitrogens with one attached hydrogen (secondary N) is 1. The highest BCUT2D eigenvalue weighted by molar-refractivity contribution is 6.34. The third kappa shape index (κ3) is 4.72. The van der Waals surface area contributed by atoms with Gasteiger partial charge in [0.2, 0.25) is 0 Å². The van der Waals surface area contributed by atoms with Crippen molar-refractivity contribution in [3.05, 3.63) is 58.6 Å². The zero-order valence-corrected chi connectivity index (χ0v) is 16.3. The van der Waals surface area contributed by atoms with Crippen molar-refractivity contribution in [3.8, 4) is 11.1 Å². The van der Waals surface area contributed by atoms with Crippen molar-refractivity contribution < 1.29 is 19.8 Å². The molecule has 0 aromatic heterocycles. The molecule has 3 rings (SSSR count). The number of hydrogen-bond acceptors (Lipinski definition) is 3. The second-order valence-electron chi connectivity index (χ2n) is 7.22. The normalized spacial score (nSPS) is 19.6. The minimum Gasteiger partial charge on any atom is -0.478 e. The molecule has 3 N–H and O–H groups in total. The van der Waals surface area contributed by atoms with Crippen LogP contribution >= 0.6 is 11.6 Å². The smallest absolute Gasteiger partial charge is 0.336 e. The van der Waals surface area contributed by atoms with Crippen molar-refractivity contribution in [1.29, 1.82) is 0 Å². The summed E-state index contributed by atoms with van der Waals surface area (Å²) < 4.78 is 0. The van der Waals surface area contributed by atoms with Crippen molar-refractivity contribution >= 4 is 23.5 Å². The summed E-state index contributed by atoms with van der Waals surface area (Å²) in [5.74, 6) is -1.31. The molecule has 5 nitrogen and oxygen atoms in total. The summed E-state index contributed by atoms with van der Waals surface area (Å²) in [6, 6.07) is 11.6. The van der Waals surface area contributed by atoms with E-state index in [-0.39, 0.29) is 17.4 Å². The van der Waals surface area contributed by atoms with E-state index in [4.69, 9.17) is 11.6 Å². The molecule has 1 saturated carbocycles. The van der Waals surface area contributed by atoms with E-state index in [1.54, 1.807) is 36.4 Å². The summed E-state index contributed by atoms with van der Waals surface area (Å²) in [6.45, 7) is 0.395. The van der Waals surface area contributed by atoms with E-state index in [1.165, 1.54) is 6.07 Å². The molecule has 1 aliphatic rings. The van der Waals surface area contributed by atoms with E-state index in [0.717, 1.165) is 32.1 Å². The zero-order chi connectivity index (χ0) is 20.1. The maximum absolute atomic E-state index is 12.7. The number of aromatic carboxylic acids is 1. The highest BCUT2D eigenvalue weighted by Crippen LogP contribution is 2.28. The van der Waals surface area contributed by atoms with Crippen LogP contribution in [0.15, 0.2) is 42.5 Å². The molecule has 28 heavy (non-hydrogen) atoms. The number of benzene rings is 2. The number of aliphatic hydroxyl groups excluding tert-OH is 1. The highest BCUT2D eigenvalue weighted by atomic mass is 35.5. The Hall–Kier alpha value is -2.37. The van der Waals surface area contributed by atoms with Crippen LogP contribution in [0.4, 0.5) is 0 Å². The van der Waals surface area contributed by atoms with E-state index in [2.05, 4.69) is 5.32 Å². The number of carboxylic acids is 1. The number of carbonyl (C=O) groups is 2. The van der Waals surface area contributed by atoms with Gasteiger partial charge >= 0.3 is 5.97 Å². The first-order chi connectivity index (χ1) is 13.5. The molecule has 0 heterocycles. The van der Waals surface area contributed by atoms with E-state index in [0.29, 0.717) is 28.3 Å². The van der Waals surface area contributed by atoms with Crippen LogP contribution in [0.1, 0.15) is 52.8 Å². The molecule has 0 radical (unpaired) electrons. The molecule has 2 aromatic rings. The second-order valence-corrected chi connectivity index (χ2v) is 7.63. The molecule has 1 fully saturated rings. The van der Waals surface area contributed by atoms with Gasteiger partial charge < -0.3 is 15.5 Å². The van der Waals surface area contributed by atoms with Crippen LogP contribution in [0.2, 0.25) is 5.02 Å². The molecule has 148 valence electrons. The molecule has 6 heteroatoms. The Balaban J connectivity index is 1.80. The molecular weight excluding hydrogens is 378 g/mol. The fourth-order valence-electron chi connectivity index (χ4n) is 3.71. The van der Waals surface area contributed by atoms with Gasteiger partial charge in [-0.2, -0.15) is 0 Å². The number of rotatable bonds is 5. The van der Waals surface area contributed by atoms with Gasteiger partial charge in [-0.15, -0.1) is 0 Å². The van der Waals surface area contributed by atoms with Gasteiger partial charge in [-0.25, -0.2) is 4.79 Å². The van der Waals surface area contributed by atoms with E-state index >= 15 is 0 Å². The van der Waals surface area contributed by atoms with E-state index < -0.39 is 12.1 Å². The molecule has 1 aliphatic carbocycles. The standard InChI is InChI=1S/C22H24ClNO4/c23-19-11-10-14(16-7-4-5-8-17(16)22(27)28)12-18(19)21(26)24-13-15-6-2-1-3-9-20(15)25/h4-5,7-8,10-12,15,20,25H,1-3,6,9,13H2,(H,24,26)(H,27,28)/t15-,20-/m0/s1. The van der Waals surface area contributed by atoms with Gasteiger partial charge in [0.25, 0.3) is 5.91 Å². The first kappa shape index (κ1) is 20.4. The second kappa shape index (κ2) is 9.22. The molecule has 0 saturated heterocycles. The van der Waals surface area contributed by atoms with Gasteiger partial charge in [0.05, 0.1) is 22.3 Å². The highest BCUT2D eigenvalue weighted by Gasteiger charge is 2.23. The minimum atomic E-state index is -1.03. The number of amides is 1. The van der Waals surface area contributed by atoms with Gasteiger partial charge in [0.1, 0.15) is 0 Å². The Morgan fingerprint density at radius 3 is 2.57 bits per heavy atom. The van der Waals surface area contributed by atoms with Crippen LogP contribution < -0.4 is 5.32 Å². The average Bonchev–Trinajstić information content (AvgIpc) is 2.90. The van der Waals surface area contributed by atoms with Crippen LogP contribution in [-0.4, -0.2) is 34.7 Å². The topological polar surface area (TPSA) is 86.6 Å². The van der Waals surface area contributed by atoms with Crippen LogP contribution in [-0.2, 0) is 0 Å². The van der Waals surface area contributed by atoms with E-state index in [1.807, 2.05) is 0 Å². The molecular formula is C22H24ClNO4. The predicted molar refractivity (Wildman–Crippen MR) is 109 cm³/mol. The van der Waals surface area contributed by atoms with E-state index in [9.17, 15) is 19.8 Å². The summed E-state index contributed by atoms with van der Waals surface area (Å²) in [7, 11) is 0. The van der Waals surface area contributed by atoms with Crippen molar-refractivity contribution in [2.24, 2.45) is 5.92 Å². The number of hydrogen-bond donors (Lipinski definition) is 3. The number of carboxylic acid groups (broad SMARTS) is 1. The number of aliphatic hydroxyl groups is 1. The molecule has 0 unspecified atom stereocenters. The maximum Gasteiger partial charge on any atom is 0.336 e. The maximum atomic E-state index is 12.7. The van der Waals surface area contributed by atoms with Crippen LogP contribution in [0.25, 0.3) is 11.1 Å². The largest absolute Gasteiger partial charge is 0.478 e. The van der Waals surface area contributed by atoms with Gasteiger partial charge in [-0.3, -0.25) is 4.79 Å². The van der Waals surface area contributed by atoms with Gasteiger partial charge in [-0.1, -0.05) is 55.1 Å². The summed E-state index contributed by atoms with van der Waals surface area (Å²) in [4.78, 5) is 24.2. The molecule has 1 amide bonds. The summed E-state index contributed by atoms with van der Waals surface area (Å²) in [5, 5.41) is 22.8. The minimum absolute atomic E-state index is 0.0427. The van der Waals surface area contributed by atoms with Gasteiger partial charge in [0.15, 0.2) is 0 Å². The summed E-state index contributed by atoms with van der Waals surface area (Å²) >= 11 is 6.23. The van der Waals surface area contributed by atoms with Gasteiger partial charge in [0, 0.05) is 12.5 Å². The fraction of sp³-hybridized carbons (Fsp3) is 0.364. The Morgan fingerprint density at radius 2 is 1.79 bits per heavy atom. The average molecular weight is 402 g/mol. The third-order valence-electron chi connectivity index (χ3n) is 5.32. The molecule has 0 aliphatic heterocycles. The van der Waals surface area contributed by atoms with Crippen molar-refractivity contribution in [3.63, 3.8) is 0 Å². The van der Waals surface area contributed by atoms with Crippen LogP contribution in [0.5, 0.6) is 0 Å². The molecule has 2 aromatic carbocycles. The fourth-order valence-corrected chi connectivity index (χ4v) is 3.91. The Bertz CT molecular complexity index is 867. The van der Waals surface area contributed by atoms with Crippen molar-refractivity contribution in [2.45, 2.75) is 38.2 Å². The number of halogens is 1. The van der Waals surface area contributed by atoms with Gasteiger partial charge in [-0.05, 0) is 42.2 Å². The monoisotopic (exact) mass is 401 g/mol. The van der Waals surface area contributed by atoms with Crippen molar-refractivity contribution in [1.82, 2.24) is 5.32 Å². The third-order valence-corrected chi connectivity index (χ3v) is 5.65. The predicted octanol–water partition coefficient (Wildman–Crippen LogP) is 4.38. The summed E-state index contributed by atoms with van der Waals surface area (Å²) in [6.07, 6.45) is 4.44. The lowest BCUT2D eigenvalue weighted by molar-refractivity contribution is 0.0697. The zero-order valence-electron chi connectivity index (χ0n) is 15.5. The SMILES string of the molecule is O=C(NC[C@@H]1CCCCC[C@@H]1O)c1cc(-c2ccccc2C(=O)O)ccc1Cl. The molecule has 2 atom stereocenters. The van der Waals surface area contributed by atoms with Crippen molar-refractivity contribution in [2.75, 3.05) is 6.54 Å². The van der Waals surface area contributed by atoms with Crippen LogP contribution in [0.3, 0.4) is 0 Å². The molecule has 0 bridgehead atoms. The Kier molecular flexibility index (Phi) is 6.70. The molecule has 0 spiro atoms. The van der Waals surface area contributed by atoms with Crippen LogP contribution in [0, 0.1) is 5.92 Å². The first-order valence-electron chi connectivity index (χ1n) is 9.56. The first-order valence-corrected chi connectivity index (χ1v) is 9.93. The summed E-state index contributed by atoms with van der Waals surface area (Å²) in [5.41, 5.74) is 1.60. The lowest BCUT2D eigenvalue weighted by Gasteiger charge is -2.21. The quantitative estimate of drug-likeness (QED) is 0.649.